The predicted octanol–water partition coefficient (Wildman–Crippen LogP) is 2.52. The molecule has 3 fully saturated rings. The average Bonchev–Trinajstić information content (AvgIpc) is 3.32. The Morgan fingerprint density at radius 1 is 1.41 bits per heavy atom. The standard InChI is InChI=1S/C25H39BrN2O6/c1-8-10-27(24(5,6)7)22(31)20-25-12-16(26)19(34-25)17(23(32)33-9-2)18(25)21(30)28(20)15(13-29)11-14(3)4/h8,14-20,29H,1,9-13H2,2-7H3/t15-,16?,17-,18+,19-,20-,25+/m1/s1. The third kappa shape index (κ3) is 4.32. The Morgan fingerprint density at radius 2 is 2.06 bits per heavy atom. The molecule has 0 aliphatic carbocycles. The fourth-order valence-corrected chi connectivity index (χ4v) is 6.98. The highest BCUT2D eigenvalue weighted by molar-refractivity contribution is 9.09. The fraction of sp³-hybridized carbons (Fsp3) is 0.800. The number of alkyl halides is 1. The van der Waals surface area contributed by atoms with Gasteiger partial charge in [-0.3, -0.25) is 14.4 Å². The van der Waals surface area contributed by atoms with Gasteiger partial charge in [-0.1, -0.05) is 35.9 Å². The van der Waals surface area contributed by atoms with Crippen molar-refractivity contribution in [2.24, 2.45) is 17.8 Å². The molecule has 9 heteroatoms. The van der Waals surface area contributed by atoms with Crippen molar-refractivity contribution < 1.29 is 29.0 Å². The Balaban J connectivity index is 2.16. The molecule has 0 radical (unpaired) electrons. The van der Waals surface area contributed by atoms with E-state index in [0.29, 0.717) is 19.4 Å². The number of fused-ring (bicyclic) bond motifs is 1. The smallest absolute Gasteiger partial charge is 0.312 e. The van der Waals surface area contributed by atoms with E-state index in [9.17, 15) is 19.5 Å². The summed E-state index contributed by atoms with van der Waals surface area (Å²) in [5.41, 5.74) is -1.70. The Labute approximate surface area is 211 Å². The van der Waals surface area contributed by atoms with Crippen LogP contribution in [0, 0.1) is 17.8 Å². The molecular weight excluding hydrogens is 504 g/mol. The number of esters is 1. The summed E-state index contributed by atoms with van der Waals surface area (Å²) in [5, 5.41) is 10.3. The van der Waals surface area contributed by atoms with Crippen LogP contribution in [-0.2, 0) is 23.9 Å². The van der Waals surface area contributed by atoms with Crippen LogP contribution >= 0.6 is 15.9 Å². The molecule has 1 spiro atoms. The third-order valence-corrected chi connectivity index (χ3v) is 8.10. The van der Waals surface area contributed by atoms with Gasteiger partial charge in [0.2, 0.25) is 11.8 Å². The molecule has 3 aliphatic heterocycles. The van der Waals surface area contributed by atoms with Crippen molar-refractivity contribution in [1.29, 1.82) is 0 Å². The minimum absolute atomic E-state index is 0.188. The molecule has 3 saturated heterocycles. The van der Waals surface area contributed by atoms with E-state index in [-0.39, 0.29) is 35.8 Å². The van der Waals surface area contributed by atoms with E-state index in [4.69, 9.17) is 9.47 Å². The molecule has 0 aromatic carbocycles. The second-order valence-corrected chi connectivity index (χ2v) is 12.2. The number of amides is 2. The maximum absolute atomic E-state index is 14.3. The lowest BCUT2D eigenvalue weighted by molar-refractivity contribution is -0.157. The summed E-state index contributed by atoms with van der Waals surface area (Å²) in [7, 11) is 0. The van der Waals surface area contributed by atoms with Gasteiger partial charge in [0.05, 0.1) is 37.2 Å². The van der Waals surface area contributed by atoms with E-state index in [1.165, 1.54) is 4.90 Å². The molecular formula is C25H39BrN2O6. The molecule has 3 rings (SSSR count). The summed E-state index contributed by atoms with van der Waals surface area (Å²) in [4.78, 5) is 44.4. The van der Waals surface area contributed by atoms with Crippen LogP contribution in [-0.4, -0.2) is 86.6 Å². The van der Waals surface area contributed by atoms with E-state index in [1.807, 2.05) is 34.6 Å². The van der Waals surface area contributed by atoms with Crippen molar-refractivity contribution >= 4 is 33.7 Å². The van der Waals surface area contributed by atoms with Gasteiger partial charge in [-0.2, -0.15) is 0 Å². The first-order valence-corrected chi connectivity index (χ1v) is 13.1. The molecule has 0 aromatic rings. The zero-order valence-electron chi connectivity index (χ0n) is 21.1. The number of carbonyl (C=O) groups is 3. The van der Waals surface area contributed by atoms with Gasteiger partial charge in [0.25, 0.3) is 0 Å². The highest BCUT2D eigenvalue weighted by atomic mass is 79.9. The number of ether oxygens (including phenoxy) is 2. The largest absolute Gasteiger partial charge is 0.466 e. The highest BCUT2D eigenvalue weighted by Gasteiger charge is 2.77. The molecule has 0 aromatic heterocycles. The number of rotatable bonds is 9. The summed E-state index contributed by atoms with van der Waals surface area (Å²) < 4.78 is 11.8. The van der Waals surface area contributed by atoms with E-state index in [1.54, 1.807) is 17.9 Å². The first kappa shape index (κ1) is 27.1. The number of likely N-dealkylation sites (tertiary alicyclic amines) is 1. The number of aliphatic hydroxyl groups is 1. The normalized spacial score (nSPS) is 33.3. The summed E-state index contributed by atoms with van der Waals surface area (Å²) in [6, 6.07) is -1.52. The minimum Gasteiger partial charge on any atom is -0.466 e. The minimum atomic E-state index is -1.17. The number of nitrogens with zero attached hydrogens (tertiary/aromatic N) is 2. The molecule has 3 heterocycles. The lowest BCUT2D eigenvalue weighted by Crippen LogP contribution is -2.62. The Morgan fingerprint density at radius 3 is 2.56 bits per heavy atom. The Hall–Kier alpha value is -1.45. The van der Waals surface area contributed by atoms with Crippen LogP contribution in [0.15, 0.2) is 12.7 Å². The van der Waals surface area contributed by atoms with Crippen LogP contribution in [0.4, 0.5) is 0 Å². The van der Waals surface area contributed by atoms with Crippen molar-refractivity contribution in [2.45, 2.75) is 88.5 Å². The number of aliphatic hydroxyl groups excluding tert-OH is 1. The number of hydrogen-bond acceptors (Lipinski definition) is 6. The van der Waals surface area contributed by atoms with Crippen molar-refractivity contribution in [3.8, 4) is 0 Å². The van der Waals surface area contributed by atoms with Crippen LogP contribution in [0.2, 0.25) is 0 Å². The molecule has 2 bridgehead atoms. The lowest BCUT2D eigenvalue weighted by atomic mass is 9.70. The first-order valence-electron chi connectivity index (χ1n) is 12.2. The zero-order valence-corrected chi connectivity index (χ0v) is 22.7. The van der Waals surface area contributed by atoms with Crippen molar-refractivity contribution in [3.63, 3.8) is 0 Å². The number of carbonyl (C=O) groups excluding carboxylic acids is 3. The highest BCUT2D eigenvalue weighted by Crippen LogP contribution is 2.61. The van der Waals surface area contributed by atoms with E-state index < -0.39 is 47.1 Å². The van der Waals surface area contributed by atoms with Gasteiger partial charge in [-0.05, 0) is 46.5 Å². The molecule has 192 valence electrons. The first-order chi connectivity index (χ1) is 15.8. The van der Waals surface area contributed by atoms with Crippen molar-refractivity contribution in [2.75, 3.05) is 19.8 Å². The fourth-order valence-electron chi connectivity index (χ4n) is 6.04. The summed E-state index contributed by atoms with van der Waals surface area (Å²) >= 11 is 3.65. The molecule has 1 unspecified atom stereocenters. The molecule has 34 heavy (non-hydrogen) atoms. The van der Waals surface area contributed by atoms with E-state index in [2.05, 4.69) is 22.5 Å². The SMILES string of the molecule is C=CCN(C(=O)[C@H]1N([C@@H](CO)CC(C)C)C(=O)[C@@H]2[C@@H](C(=O)OCC)[C@@H]3O[C@@]21CC3Br)C(C)(C)C. The van der Waals surface area contributed by atoms with Crippen LogP contribution in [0.1, 0.15) is 54.4 Å². The molecule has 1 N–H and O–H groups in total. The monoisotopic (exact) mass is 542 g/mol. The molecule has 2 amide bonds. The second kappa shape index (κ2) is 9.90. The maximum Gasteiger partial charge on any atom is 0.312 e. The number of halogens is 1. The van der Waals surface area contributed by atoms with Crippen molar-refractivity contribution in [1.82, 2.24) is 9.80 Å². The maximum atomic E-state index is 14.3. The van der Waals surface area contributed by atoms with Gasteiger partial charge in [0, 0.05) is 16.9 Å². The summed E-state index contributed by atoms with van der Waals surface area (Å²) in [6.07, 6.45) is 2.06. The van der Waals surface area contributed by atoms with Gasteiger partial charge < -0.3 is 24.4 Å². The zero-order chi connectivity index (χ0) is 25.6. The Kier molecular flexibility index (Phi) is 7.90. The topological polar surface area (TPSA) is 96.4 Å². The molecule has 0 saturated carbocycles. The van der Waals surface area contributed by atoms with Gasteiger partial charge in [0.15, 0.2) is 0 Å². The van der Waals surface area contributed by atoms with Gasteiger partial charge in [-0.15, -0.1) is 6.58 Å². The van der Waals surface area contributed by atoms with Crippen LogP contribution in [0.25, 0.3) is 0 Å². The third-order valence-electron chi connectivity index (χ3n) is 7.25. The van der Waals surface area contributed by atoms with E-state index >= 15 is 0 Å². The van der Waals surface area contributed by atoms with Crippen LogP contribution in [0.3, 0.4) is 0 Å². The van der Waals surface area contributed by atoms with E-state index in [0.717, 1.165) is 0 Å². The molecule has 3 aliphatic rings. The quantitative estimate of drug-likeness (QED) is 0.273. The summed E-state index contributed by atoms with van der Waals surface area (Å²) in [5.74, 6) is -2.49. The summed E-state index contributed by atoms with van der Waals surface area (Å²) in [6.45, 7) is 15.6. The molecule has 7 atom stereocenters. The lowest BCUT2D eigenvalue weighted by Gasteiger charge is -2.43. The van der Waals surface area contributed by atoms with Crippen LogP contribution < -0.4 is 0 Å². The molecule has 8 nitrogen and oxygen atoms in total. The van der Waals surface area contributed by atoms with Crippen LogP contribution in [0.5, 0.6) is 0 Å². The second-order valence-electron chi connectivity index (χ2n) is 11.0. The Bertz CT molecular complexity index is 827. The average molecular weight is 543 g/mol. The van der Waals surface area contributed by atoms with Gasteiger partial charge >= 0.3 is 5.97 Å². The number of hydrogen-bond donors (Lipinski definition) is 1. The van der Waals surface area contributed by atoms with Crippen molar-refractivity contribution in [3.05, 3.63) is 12.7 Å². The van der Waals surface area contributed by atoms with Gasteiger partial charge in [-0.25, -0.2) is 0 Å². The predicted molar refractivity (Wildman–Crippen MR) is 131 cm³/mol. The van der Waals surface area contributed by atoms with Gasteiger partial charge in [0.1, 0.15) is 11.6 Å².